The average molecular weight is 612 g/mol. The van der Waals surface area contributed by atoms with Crippen LogP contribution in [0.15, 0.2) is 77.7 Å². The van der Waals surface area contributed by atoms with Crippen molar-refractivity contribution in [2.45, 2.75) is 57.1 Å². The molecule has 3 aromatic rings. The predicted octanol–water partition coefficient (Wildman–Crippen LogP) is 4.63. The van der Waals surface area contributed by atoms with E-state index in [4.69, 9.17) is 14.2 Å². The van der Waals surface area contributed by atoms with E-state index in [0.717, 1.165) is 9.87 Å². The van der Waals surface area contributed by atoms with Gasteiger partial charge in [-0.3, -0.25) is 13.9 Å². The maximum atomic E-state index is 14.3. The molecule has 0 unspecified atom stereocenters. The number of benzene rings is 3. The average Bonchev–Trinajstić information content (AvgIpc) is 3.03. The maximum absolute atomic E-state index is 14.3. The second-order valence-electron chi connectivity index (χ2n) is 9.97. The summed E-state index contributed by atoms with van der Waals surface area (Å²) in [5, 5.41) is 2.97. The molecule has 0 saturated heterocycles. The van der Waals surface area contributed by atoms with Crippen molar-refractivity contribution in [3.63, 3.8) is 0 Å². The Morgan fingerprint density at radius 2 is 1.47 bits per heavy atom. The highest BCUT2D eigenvalue weighted by atomic mass is 32.2. The Morgan fingerprint density at radius 1 is 0.837 bits per heavy atom. The van der Waals surface area contributed by atoms with Gasteiger partial charge in [0, 0.05) is 18.7 Å². The van der Waals surface area contributed by atoms with Crippen LogP contribution in [0.5, 0.6) is 17.2 Å². The Balaban J connectivity index is 2.13. The van der Waals surface area contributed by atoms with E-state index in [-0.39, 0.29) is 34.8 Å². The summed E-state index contributed by atoms with van der Waals surface area (Å²) in [6.07, 6.45) is 1.03. The zero-order valence-electron chi connectivity index (χ0n) is 25.6. The van der Waals surface area contributed by atoms with E-state index in [1.54, 1.807) is 49.6 Å². The fourth-order valence-electron chi connectivity index (χ4n) is 4.51. The summed E-state index contributed by atoms with van der Waals surface area (Å²) in [4.78, 5) is 29.2. The molecule has 2 atom stereocenters. The number of methoxy groups -OCH3 is 3. The molecule has 3 rings (SSSR count). The number of amides is 2. The summed E-state index contributed by atoms with van der Waals surface area (Å²) in [6, 6.07) is 18.8. The van der Waals surface area contributed by atoms with Gasteiger partial charge in [0.2, 0.25) is 11.8 Å². The van der Waals surface area contributed by atoms with Crippen molar-refractivity contribution in [3.05, 3.63) is 78.4 Å². The molecule has 232 valence electrons. The molecule has 0 heterocycles. The maximum Gasteiger partial charge on any atom is 0.264 e. The summed E-state index contributed by atoms with van der Waals surface area (Å²) in [5.41, 5.74) is 0.876. The number of hydrogen-bond donors (Lipinski definition) is 1. The molecule has 0 aliphatic rings. The lowest BCUT2D eigenvalue weighted by Crippen LogP contribution is -2.53. The SMILES string of the molecule is CC[C@@H](C)NC(=O)[C@@H](CC)N(Cc1ccc(OC)cc1)C(=O)CN(c1cc(OC)ccc1OC)S(=O)(=O)c1ccccc1. The minimum Gasteiger partial charge on any atom is -0.497 e. The number of hydrogen-bond acceptors (Lipinski definition) is 7. The van der Waals surface area contributed by atoms with Crippen molar-refractivity contribution < 1.29 is 32.2 Å². The van der Waals surface area contributed by atoms with Crippen LogP contribution in [-0.4, -0.2) is 65.1 Å². The topological polar surface area (TPSA) is 114 Å². The molecule has 0 spiro atoms. The molecule has 0 aromatic heterocycles. The fraction of sp³-hybridized carbons (Fsp3) is 0.375. The van der Waals surface area contributed by atoms with Crippen LogP contribution in [0, 0.1) is 0 Å². The standard InChI is InChI=1S/C32H41N3O7S/c1-7-23(3)33-32(37)28(8-2)34(21-24-14-16-25(40-4)17-15-24)31(36)22-35(43(38,39)27-12-10-9-11-13-27)29-20-26(41-5)18-19-30(29)42-6/h9-20,23,28H,7-8,21-22H2,1-6H3,(H,33,37)/t23-,28-/m1/s1. The molecule has 1 N–H and O–H groups in total. The van der Waals surface area contributed by atoms with Crippen LogP contribution in [0.2, 0.25) is 0 Å². The van der Waals surface area contributed by atoms with Crippen molar-refractivity contribution >= 4 is 27.5 Å². The fourth-order valence-corrected chi connectivity index (χ4v) is 5.95. The molecule has 11 heteroatoms. The third kappa shape index (κ3) is 8.19. The number of nitrogens with zero attached hydrogens (tertiary/aromatic N) is 2. The first-order valence-electron chi connectivity index (χ1n) is 14.1. The molecule has 0 radical (unpaired) electrons. The number of anilines is 1. The Hall–Kier alpha value is -4.25. The van der Waals surface area contributed by atoms with E-state index in [0.29, 0.717) is 24.3 Å². The Kier molecular flexibility index (Phi) is 11.8. The molecule has 43 heavy (non-hydrogen) atoms. The van der Waals surface area contributed by atoms with Crippen LogP contribution in [0.25, 0.3) is 0 Å². The summed E-state index contributed by atoms with van der Waals surface area (Å²) in [5.74, 6) is 0.386. The monoisotopic (exact) mass is 611 g/mol. The van der Waals surface area contributed by atoms with Gasteiger partial charge in [0.05, 0.1) is 31.9 Å². The first-order chi connectivity index (χ1) is 20.6. The second kappa shape index (κ2) is 15.3. The summed E-state index contributed by atoms with van der Waals surface area (Å²) in [7, 11) is 0.180. The number of ether oxygens (including phenoxy) is 3. The molecule has 0 aliphatic heterocycles. The number of carbonyl (C=O) groups is 2. The van der Waals surface area contributed by atoms with E-state index in [1.165, 1.54) is 37.3 Å². The second-order valence-corrected chi connectivity index (χ2v) is 11.8. The highest BCUT2D eigenvalue weighted by molar-refractivity contribution is 7.92. The van der Waals surface area contributed by atoms with Crippen LogP contribution in [0.4, 0.5) is 5.69 Å². The number of sulfonamides is 1. The van der Waals surface area contributed by atoms with Crippen molar-refractivity contribution in [3.8, 4) is 17.2 Å². The zero-order valence-corrected chi connectivity index (χ0v) is 26.4. The molecule has 2 amide bonds. The van der Waals surface area contributed by atoms with Crippen LogP contribution in [0.1, 0.15) is 39.2 Å². The molecule has 3 aromatic carbocycles. The third-order valence-electron chi connectivity index (χ3n) is 7.16. The van der Waals surface area contributed by atoms with E-state index >= 15 is 0 Å². The minimum atomic E-state index is -4.26. The van der Waals surface area contributed by atoms with Gasteiger partial charge in [-0.05, 0) is 61.7 Å². The van der Waals surface area contributed by atoms with Gasteiger partial charge in [-0.2, -0.15) is 0 Å². The molecule has 10 nitrogen and oxygen atoms in total. The number of rotatable bonds is 15. The van der Waals surface area contributed by atoms with Crippen molar-refractivity contribution in [1.29, 1.82) is 0 Å². The van der Waals surface area contributed by atoms with E-state index in [9.17, 15) is 18.0 Å². The highest BCUT2D eigenvalue weighted by Crippen LogP contribution is 2.36. The third-order valence-corrected chi connectivity index (χ3v) is 8.94. The molecule has 0 saturated carbocycles. The molecular formula is C32H41N3O7S. The lowest BCUT2D eigenvalue weighted by atomic mass is 10.1. The normalized spacial score (nSPS) is 12.5. The van der Waals surface area contributed by atoms with Gasteiger partial charge >= 0.3 is 0 Å². The van der Waals surface area contributed by atoms with Gasteiger partial charge in [0.15, 0.2) is 0 Å². The molecule has 0 fully saturated rings. The van der Waals surface area contributed by atoms with Crippen LogP contribution in [0.3, 0.4) is 0 Å². The van der Waals surface area contributed by atoms with Crippen LogP contribution in [-0.2, 0) is 26.2 Å². The lowest BCUT2D eigenvalue weighted by Gasteiger charge is -2.34. The lowest BCUT2D eigenvalue weighted by molar-refractivity contribution is -0.140. The van der Waals surface area contributed by atoms with E-state index in [2.05, 4.69) is 5.32 Å². The quantitative estimate of drug-likeness (QED) is 0.267. The summed E-state index contributed by atoms with van der Waals surface area (Å²) >= 11 is 0. The van der Waals surface area contributed by atoms with Crippen molar-refractivity contribution in [1.82, 2.24) is 10.2 Å². The van der Waals surface area contributed by atoms with Crippen molar-refractivity contribution in [2.75, 3.05) is 32.2 Å². The first kappa shape index (κ1) is 33.3. The van der Waals surface area contributed by atoms with Gasteiger partial charge in [-0.1, -0.05) is 44.2 Å². The Morgan fingerprint density at radius 3 is 2.02 bits per heavy atom. The number of nitrogens with one attached hydrogen (secondary N) is 1. The predicted molar refractivity (Wildman–Crippen MR) is 166 cm³/mol. The van der Waals surface area contributed by atoms with Crippen LogP contribution >= 0.6 is 0 Å². The zero-order chi connectivity index (χ0) is 31.6. The largest absolute Gasteiger partial charge is 0.497 e. The van der Waals surface area contributed by atoms with Crippen LogP contribution < -0.4 is 23.8 Å². The Labute approximate surface area is 254 Å². The van der Waals surface area contributed by atoms with Gasteiger partial charge in [0.25, 0.3) is 10.0 Å². The van der Waals surface area contributed by atoms with Crippen molar-refractivity contribution in [2.24, 2.45) is 0 Å². The smallest absolute Gasteiger partial charge is 0.264 e. The molecular weight excluding hydrogens is 570 g/mol. The first-order valence-corrected chi connectivity index (χ1v) is 15.6. The minimum absolute atomic E-state index is 0.00377. The molecule has 0 bridgehead atoms. The van der Waals surface area contributed by atoms with Gasteiger partial charge in [-0.15, -0.1) is 0 Å². The Bertz CT molecular complexity index is 1460. The van der Waals surface area contributed by atoms with E-state index in [1.807, 2.05) is 32.9 Å². The number of carbonyl (C=O) groups excluding carboxylic acids is 2. The van der Waals surface area contributed by atoms with Gasteiger partial charge in [0.1, 0.15) is 29.8 Å². The summed E-state index contributed by atoms with van der Waals surface area (Å²) < 4.78 is 45.4. The summed E-state index contributed by atoms with van der Waals surface area (Å²) in [6.45, 7) is 5.15. The molecule has 0 aliphatic carbocycles. The van der Waals surface area contributed by atoms with E-state index < -0.39 is 28.5 Å². The van der Waals surface area contributed by atoms with Gasteiger partial charge < -0.3 is 24.4 Å². The van der Waals surface area contributed by atoms with Gasteiger partial charge in [-0.25, -0.2) is 8.42 Å². The highest BCUT2D eigenvalue weighted by Gasteiger charge is 2.35.